The first kappa shape index (κ1) is 22.9. The molecule has 1 aliphatic rings. The van der Waals surface area contributed by atoms with Crippen molar-refractivity contribution < 1.29 is 19.0 Å². The van der Waals surface area contributed by atoms with Gasteiger partial charge in [0.25, 0.3) is 5.91 Å². The Morgan fingerprint density at radius 3 is 2.83 bits per heavy atom. The number of aromatic nitrogens is 2. The van der Waals surface area contributed by atoms with E-state index in [-0.39, 0.29) is 24.3 Å². The number of carbonyl (C=O) groups excluding carboxylic acids is 1. The summed E-state index contributed by atoms with van der Waals surface area (Å²) in [6.45, 7) is 5.60. The summed E-state index contributed by atoms with van der Waals surface area (Å²) in [6.07, 6.45) is 3.53. The lowest BCUT2D eigenvalue weighted by molar-refractivity contribution is 0.0787. The van der Waals surface area contributed by atoms with E-state index in [9.17, 15) is 14.3 Å². The molecule has 0 spiro atoms. The molecular weight excluding hydrogens is 447 g/mol. The van der Waals surface area contributed by atoms with E-state index >= 15 is 0 Å². The predicted molar refractivity (Wildman–Crippen MR) is 132 cm³/mol. The molecule has 0 radical (unpaired) electrons. The van der Waals surface area contributed by atoms with Crippen LogP contribution in [0.25, 0.3) is 10.9 Å². The zero-order valence-corrected chi connectivity index (χ0v) is 19.7. The van der Waals surface area contributed by atoms with Crippen LogP contribution in [0.4, 0.5) is 10.2 Å². The topological polar surface area (TPSA) is 79.6 Å². The van der Waals surface area contributed by atoms with E-state index in [4.69, 9.17) is 4.74 Å². The van der Waals surface area contributed by atoms with E-state index in [2.05, 4.69) is 10.3 Å². The Kier molecular flexibility index (Phi) is 6.13. The number of hydrogen-bond donors (Lipinski definition) is 2. The van der Waals surface area contributed by atoms with E-state index in [1.54, 1.807) is 29.3 Å². The molecule has 5 rings (SSSR count). The highest BCUT2D eigenvalue weighted by atomic mass is 19.1. The molecule has 1 amide bonds. The second-order valence-corrected chi connectivity index (χ2v) is 8.62. The van der Waals surface area contributed by atoms with Crippen LogP contribution in [-0.2, 0) is 13.1 Å². The van der Waals surface area contributed by atoms with Crippen LogP contribution in [0.2, 0.25) is 0 Å². The van der Waals surface area contributed by atoms with E-state index in [0.717, 1.165) is 22.0 Å². The Bertz CT molecular complexity index is 1400. The third-order valence-corrected chi connectivity index (χ3v) is 6.42. The van der Waals surface area contributed by atoms with Gasteiger partial charge in [0.2, 0.25) is 0 Å². The van der Waals surface area contributed by atoms with Crippen molar-refractivity contribution in [1.29, 1.82) is 0 Å². The van der Waals surface area contributed by atoms with Crippen molar-refractivity contribution in [3.05, 3.63) is 83.4 Å². The lowest BCUT2D eigenvalue weighted by Gasteiger charge is -2.18. The van der Waals surface area contributed by atoms with Gasteiger partial charge in [-0.05, 0) is 61.9 Å². The number of fused-ring (bicyclic) bond motifs is 2. The van der Waals surface area contributed by atoms with Crippen molar-refractivity contribution in [3.8, 4) is 11.5 Å². The molecule has 7 nitrogen and oxygen atoms in total. The second kappa shape index (κ2) is 9.38. The van der Waals surface area contributed by atoms with Gasteiger partial charge in [-0.1, -0.05) is 6.07 Å². The molecule has 1 atom stereocenters. The summed E-state index contributed by atoms with van der Waals surface area (Å²) < 4.78 is 22.8. The van der Waals surface area contributed by atoms with Crippen LogP contribution < -0.4 is 10.1 Å². The van der Waals surface area contributed by atoms with Gasteiger partial charge in [-0.25, -0.2) is 9.37 Å². The minimum atomic E-state index is -0.465. The molecule has 0 unspecified atom stereocenters. The highest BCUT2D eigenvalue weighted by Crippen LogP contribution is 2.32. The number of hydrogen-bond acceptors (Lipinski definition) is 5. The van der Waals surface area contributed by atoms with Crippen LogP contribution in [-0.4, -0.2) is 38.6 Å². The summed E-state index contributed by atoms with van der Waals surface area (Å²) in [6, 6.07) is 13.9. The molecule has 2 N–H and O–H groups in total. The van der Waals surface area contributed by atoms with Gasteiger partial charge in [-0.3, -0.25) is 4.79 Å². The summed E-state index contributed by atoms with van der Waals surface area (Å²) in [4.78, 5) is 18.7. The highest BCUT2D eigenvalue weighted by molar-refractivity contribution is 5.99. The maximum atomic E-state index is 15.0. The molecule has 0 saturated carbocycles. The number of halogens is 1. The number of ether oxygens (including phenoxy) is 1. The van der Waals surface area contributed by atoms with E-state index in [1.807, 2.05) is 48.9 Å². The smallest absolute Gasteiger partial charge is 0.254 e. The van der Waals surface area contributed by atoms with Gasteiger partial charge in [0.15, 0.2) is 11.6 Å². The van der Waals surface area contributed by atoms with Crippen LogP contribution in [0.1, 0.15) is 41.4 Å². The number of nitrogens with one attached hydrogen (secondary N) is 1. The standard InChI is InChI=1S/C27H27FN4O3/c1-3-31-16-22-21(27(31)34)8-10-29-26(22)30-17(2)18-4-7-25(23(28)15-18)35-20-5-6-24-19(14-20)9-11-32(24)12-13-33/h4-11,14-15,17,33H,3,12-13,16H2,1-2H3,(H,29,30)/t17-/m0/s1. The lowest BCUT2D eigenvalue weighted by atomic mass is 10.1. The fourth-order valence-corrected chi connectivity index (χ4v) is 4.49. The second-order valence-electron chi connectivity index (χ2n) is 8.62. The fraction of sp³-hybridized carbons (Fsp3) is 0.259. The molecule has 4 aromatic rings. The van der Waals surface area contributed by atoms with Crippen molar-refractivity contribution in [3.63, 3.8) is 0 Å². The molecule has 0 fully saturated rings. The lowest BCUT2D eigenvalue weighted by Crippen LogP contribution is -2.22. The van der Waals surface area contributed by atoms with Gasteiger partial charge in [-0.2, -0.15) is 0 Å². The van der Waals surface area contributed by atoms with Gasteiger partial charge < -0.3 is 24.6 Å². The zero-order chi connectivity index (χ0) is 24.5. The van der Waals surface area contributed by atoms with Crippen molar-refractivity contribution in [2.45, 2.75) is 33.0 Å². The summed E-state index contributed by atoms with van der Waals surface area (Å²) in [5.41, 5.74) is 3.25. The Hall–Kier alpha value is -3.91. The Morgan fingerprint density at radius 2 is 2.06 bits per heavy atom. The Labute approximate surface area is 202 Å². The number of carbonyl (C=O) groups is 1. The van der Waals surface area contributed by atoms with Crippen molar-refractivity contribution in [2.75, 3.05) is 18.5 Å². The van der Waals surface area contributed by atoms with Gasteiger partial charge in [0.05, 0.1) is 19.2 Å². The normalized spacial score (nSPS) is 13.8. The third-order valence-electron chi connectivity index (χ3n) is 6.42. The summed E-state index contributed by atoms with van der Waals surface area (Å²) in [7, 11) is 0. The average Bonchev–Trinajstić information content (AvgIpc) is 3.41. The number of benzene rings is 2. The Balaban J connectivity index is 1.32. The molecule has 0 aliphatic carbocycles. The highest BCUT2D eigenvalue weighted by Gasteiger charge is 2.29. The third kappa shape index (κ3) is 4.33. The summed E-state index contributed by atoms with van der Waals surface area (Å²) >= 11 is 0. The minimum absolute atomic E-state index is 0.0105. The molecular formula is C27H27FN4O3. The molecule has 35 heavy (non-hydrogen) atoms. The fourth-order valence-electron chi connectivity index (χ4n) is 4.49. The quantitative estimate of drug-likeness (QED) is 0.371. The first-order valence-electron chi connectivity index (χ1n) is 11.7. The van der Waals surface area contributed by atoms with Crippen molar-refractivity contribution in [1.82, 2.24) is 14.5 Å². The van der Waals surface area contributed by atoms with E-state index in [1.165, 1.54) is 6.07 Å². The number of rotatable bonds is 8. The van der Waals surface area contributed by atoms with Gasteiger partial charge in [-0.15, -0.1) is 0 Å². The first-order valence-corrected chi connectivity index (χ1v) is 11.7. The molecule has 180 valence electrons. The molecule has 3 heterocycles. The number of anilines is 1. The predicted octanol–water partition coefficient (Wildman–Crippen LogP) is 5.11. The van der Waals surface area contributed by atoms with Crippen LogP contribution >= 0.6 is 0 Å². The number of pyridine rings is 1. The first-order chi connectivity index (χ1) is 17.0. The maximum Gasteiger partial charge on any atom is 0.254 e. The van der Waals surface area contributed by atoms with Crippen LogP contribution in [0.3, 0.4) is 0 Å². The summed E-state index contributed by atoms with van der Waals surface area (Å²) in [5, 5.41) is 13.5. The maximum absolute atomic E-state index is 15.0. The van der Waals surface area contributed by atoms with Crippen molar-refractivity contribution >= 4 is 22.6 Å². The van der Waals surface area contributed by atoms with Crippen LogP contribution in [0, 0.1) is 5.82 Å². The molecule has 0 saturated heterocycles. The molecule has 8 heteroatoms. The van der Waals surface area contributed by atoms with E-state index in [0.29, 0.717) is 36.8 Å². The average molecular weight is 475 g/mol. The SMILES string of the molecule is CCN1Cc2c(ccnc2N[C@@H](C)c2ccc(Oc3ccc4c(ccn4CCO)c3)c(F)c2)C1=O. The Morgan fingerprint density at radius 1 is 1.20 bits per heavy atom. The number of aliphatic hydroxyl groups excluding tert-OH is 1. The van der Waals surface area contributed by atoms with Gasteiger partial charge in [0, 0.05) is 47.5 Å². The molecule has 2 aromatic heterocycles. The minimum Gasteiger partial charge on any atom is -0.454 e. The van der Waals surface area contributed by atoms with Gasteiger partial charge >= 0.3 is 0 Å². The van der Waals surface area contributed by atoms with Gasteiger partial charge in [0.1, 0.15) is 11.6 Å². The number of nitrogens with zero attached hydrogens (tertiary/aromatic N) is 3. The number of aliphatic hydroxyl groups is 1. The molecule has 2 aromatic carbocycles. The summed E-state index contributed by atoms with van der Waals surface area (Å²) in [5.74, 6) is 0.856. The van der Waals surface area contributed by atoms with Crippen LogP contribution in [0.15, 0.2) is 60.9 Å². The zero-order valence-electron chi connectivity index (χ0n) is 19.7. The van der Waals surface area contributed by atoms with Crippen LogP contribution in [0.5, 0.6) is 11.5 Å². The van der Waals surface area contributed by atoms with E-state index < -0.39 is 5.82 Å². The monoisotopic (exact) mass is 474 g/mol. The molecule has 0 bridgehead atoms. The largest absolute Gasteiger partial charge is 0.454 e. The van der Waals surface area contributed by atoms with Crippen molar-refractivity contribution in [2.24, 2.45) is 0 Å². The number of amides is 1. The molecule has 1 aliphatic heterocycles.